The number of benzene rings is 4. The van der Waals surface area contributed by atoms with Crippen molar-refractivity contribution in [1.82, 2.24) is 10.2 Å². The van der Waals surface area contributed by atoms with E-state index in [1.807, 2.05) is 6.92 Å². The van der Waals surface area contributed by atoms with E-state index in [1.54, 1.807) is 49.4 Å². The minimum atomic E-state index is -4.94. The number of amides is 2. The Morgan fingerprint density at radius 2 is 1.50 bits per heavy atom. The number of halogens is 5. The molecule has 0 fully saturated rings. The van der Waals surface area contributed by atoms with Gasteiger partial charge in [0.25, 0.3) is 10.0 Å². The third kappa shape index (κ3) is 8.93. The van der Waals surface area contributed by atoms with E-state index in [4.69, 9.17) is 11.6 Å². The van der Waals surface area contributed by atoms with Crippen molar-refractivity contribution in [3.05, 3.63) is 131 Å². The predicted octanol–water partition coefficient (Wildman–Crippen LogP) is 7.25. The molecule has 0 saturated heterocycles. The van der Waals surface area contributed by atoms with Gasteiger partial charge in [0.1, 0.15) is 18.4 Å². The minimum Gasteiger partial charge on any atom is -0.352 e. The molecule has 13 heteroatoms. The Hall–Kier alpha value is -4.42. The molecule has 48 heavy (non-hydrogen) atoms. The number of rotatable bonds is 13. The molecule has 0 saturated carbocycles. The second kappa shape index (κ2) is 15.7. The van der Waals surface area contributed by atoms with Crippen molar-refractivity contribution in [1.29, 1.82) is 0 Å². The van der Waals surface area contributed by atoms with Crippen LogP contribution in [-0.4, -0.2) is 43.8 Å². The van der Waals surface area contributed by atoms with Crippen molar-refractivity contribution in [2.75, 3.05) is 10.8 Å². The Morgan fingerprint density at radius 1 is 0.896 bits per heavy atom. The van der Waals surface area contributed by atoms with Crippen LogP contribution in [0.2, 0.25) is 5.02 Å². The van der Waals surface area contributed by atoms with Gasteiger partial charge in [0.15, 0.2) is 0 Å². The van der Waals surface area contributed by atoms with Crippen molar-refractivity contribution >= 4 is 39.1 Å². The van der Waals surface area contributed by atoms with Gasteiger partial charge in [-0.15, -0.1) is 0 Å². The van der Waals surface area contributed by atoms with E-state index in [0.29, 0.717) is 22.4 Å². The van der Waals surface area contributed by atoms with Crippen molar-refractivity contribution in [3.8, 4) is 0 Å². The topological polar surface area (TPSA) is 86.8 Å². The summed E-state index contributed by atoms with van der Waals surface area (Å²) < 4.78 is 85.4. The maximum Gasteiger partial charge on any atom is 0.417 e. The molecule has 0 aliphatic rings. The van der Waals surface area contributed by atoms with Crippen LogP contribution in [0, 0.1) is 5.82 Å². The smallest absolute Gasteiger partial charge is 0.352 e. The molecule has 0 aliphatic carbocycles. The standard InChI is InChI=1S/C35H34ClF4N3O4S/c1-3-24(2)41-34(45)32(20-25-12-6-4-7-13-25)42(22-26-14-10-11-17-31(26)37)33(44)23-43(48(46,47)28-15-8-5-9-16-28)27-18-19-30(36)29(21-27)35(38,39)40/h4-19,21,24,32H,3,20,22-23H2,1-2H3,(H,41,45). The molecular formula is C35H34ClF4N3O4S. The molecule has 0 heterocycles. The van der Waals surface area contributed by atoms with Gasteiger partial charge in [-0.05, 0) is 55.3 Å². The first-order chi connectivity index (χ1) is 22.7. The van der Waals surface area contributed by atoms with Gasteiger partial charge in [0.2, 0.25) is 11.8 Å². The minimum absolute atomic E-state index is 0.0199. The first kappa shape index (κ1) is 36.4. The SMILES string of the molecule is CCC(C)NC(=O)C(Cc1ccccc1)N(Cc1ccccc1F)C(=O)CN(c1ccc(Cl)c(C(F)(F)F)c1)S(=O)(=O)c1ccccc1. The zero-order chi connectivity index (χ0) is 35.1. The van der Waals surface area contributed by atoms with E-state index in [-0.39, 0.29) is 22.9 Å². The third-order valence-electron chi connectivity index (χ3n) is 7.72. The molecule has 254 valence electrons. The van der Waals surface area contributed by atoms with E-state index in [1.165, 1.54) is 42.5 Å². The van der Waals surface area contributed by atoms with Crippen LogP contribution in [0.15, 0.2) is 108 Å². The Balaban J connectivity index is 1.87. The summed E-state index contributed by atoms with van der Waals surface area (Å²) in [4.78, 5) is 29.0. The molecule has 2 amide bonds. The summed E-state index contributed by atoms with van der Waals surface area (Å²) in [5.74, 6) is -2.19. The highest BCUT2D eigenvalue weighted by molar-refractivity contribution is 7.92. The van der Waals surface area contributed by atoms with Crippen molar-refractivity contribution < 1.29 is 35.6 Å². The Labute approximate surface area is 282 Å². The van der Waals surface area contributed by atoms with Gasteiger partial charge in [-0.3, -0.25) is 13.9 Å². The van der Waals surface area contributed by atoms with Crippen LogP contribution in [0.25, 0.3) is 0 Å². The molecule has 4 aromatic rings. The summed E-state index contributed by atoms with van der Waals surface area (Å²) in [7, 11) is -4.67. The van der Waals surface area contributed by atoms with Crippen LogP contribution in [0.3, 0.4) is 0 Å². The van der Waals surface area contributed by atoms with Gasteiger partial charge < -0.3 is 10.2 Å². The van der Waals surface area contributed by atoms with Crippen LogP contribution in [0.1, 0.15) is 37.0 Å². The summed E-state index contributed by atoms with van der Waals surface area (Å²) in [6.45, 7) is 2.16. The summed E-state index contributed by atoms with van der Waals surface area (Å²) in [5.41, 5.74) is -1.09. The van der Waals surface area contributed by atoms with Gasteiger partial charge in [-0.1, -0.05) is 85.3 Å². The monoisotopic (exact) mass is 703 g/mol. The maximum atomic E-state index is 15.0. The van der Waals surface area contributed by atoms with Crippen molar-refractivity contribution in [3.63, 3.8) is 0 Å². The number of sulfonamides is 1. The molecule has 0 spiro atoms. The lowest BCUT2D eigenvalue weighted by molar-refractivity contribution is -0.140. The van der Waals surface area contributed by atoms with Gasteiger partial charge >= 0.3 is 6.18 Å². The molecular weight excluding hydrogens is 670 g/mol. The summed E-state index contributed by atoms with van der Waals surface area (Å²) in [5, 5.41) is 2.19. The fourth-order valence-electron chi connectivity index (χ4n) is 4.94. The lowest BCUT2D eigenvalue weighted by atomic mass is 10.0. The van der Waals surface area contributed by atoms with Crippen LogP contribution in [0.5, 0.6) is 0 Å². The Morgan fingerprint density at radius 3 is 2.10 bits per heavy atom. The zero-order valence-corrected chi connectivity index (χ0v) is 27.7. The van der Waals surface area contributed by atoms with E-state index in [0.717, 1.165) is 17.0 Å². The average Bonchev–Trinajstić information content (AvgIpc) is 3.06. The van der Waals surface area contributed by atoms with Gasteiger partial charge in [-0.2, -0.15) is 13.2 Å². The van der Waals surface area contributed by atoms with Gasteiger partial charge in [0, 0.05) is 24.6 Å². The highest BCUT2D eigenvalue weighted by Gasteiger charge is 2.38. The molecule has 0 radical (unpaired) electrons. The number of alkyl halides is 3. The van der Waals surface area contributed by atoms with Crippen LogP contribution in [0.4, 0.5) is 23.2 Å². The van der Waals surface area contributed by atoms with Crippen LogP contribution < -0.4 is 9.62 Å². The van der Waals surface area contributed by atoms with Crippen molar-refractivity contribution in [2.24, 2.45) is 0 Å². The Bertz CT molecular complexity index is 1830. The quantitative estimate of drug-likeness (QED) is 0.149. The van der Waals surface area contributed by atoms with E-state index in [2.05, 4.69) is 5.32 Å². The predicted molar refractivity (Wildman–Crippen MR) is 176 cm³/mol. The number of carbonyl (C=O) groups excluding carboxylic acids is 2. The molecule has 4 rings (SSSR count). The van der Waals surface area contributed by atoms with E-state index in [9.17, 15) is 31.2 Å². The van der Waals surface area contributed by atoms with Crippen LogP contribution in [-0.2, 0) is 38.8 Å². The number of nitrogens with zero attached hydrogens (tertiary/aromatic N) is 2. The first-order valence-corrected chi connectivity index (χ1v) is 16.9. The lowest BCUT2D eigenvalue weighted by Gasteiger charge is -2.34. The largest absolute Gasteiger partial charge is 0.417 e. The number of nitrogens with one attached hydrogen (secondary N) is 1. The normalized spacial score (nSPS) is 13.0. The van der Waals surface area contributed by atoms with E-state index < -0.39 is 69.2 Å². The second-order valence-corrected chi connectivity index (χ2v) is 13.4. The fraction of sp³-hybridized carbons (Fsp3) is 0.257. The summed E-state index contributed by atoms with van der Waals surface area (Å²) in [6, 6.07) is 22.2. The van der Waals surface area contributed by atoms with Crippen LogP contribution >= 0.6 is 11.6 Å². The molecule has 7 nitrogen and oxygen atoms in total. The lowest BCUT2D eigenvalue weighted by Crippen LogP contribution is -2.54. The number of anilines is 1. The fourth-order valence-corrected chi connectivity index (χ4v) is 6.59. The van der Waals surface area contributed by atoms with E-state index >= 15 is 4.39 Å². The average molecular weight is 704 g/mol. The maximum absolute atomic E-state index is 15.0. The molecule has 4 aromatic carbocycles. The van der Waals surface area contributed by atoms with Gasteiger partial charge in [0.05, 0.1) is 21.2 Å². The van der Waals surface area contributed by atoms with Crippen molar-refractivity contribution in [2.45, 2.75) is 56.4 Å². The summed E-state index contributed by atoms with van der Waals surface area (Å²) in [6.07, 6.45) is -4.40. The molecule has 0 aromatic heterocycles. The highest BCUT2D eigenvalue weighted by atomic mass is 35.5. The zero-order valence-electron chi connectivity index (χ0n) is 26.1. The number of hydrogen-bond donors (Lipinski definition) is 1. The number of hydrogen-bond acceptors (Lipinski definition) is 4. The van der Waals surface area contributed by atoms with Gasteiger partial charge in [-0.25, -0.2) is 12.8 Å². The highest BCUT2D eigenvalue weighted by Crippen LogP contribution is 2.38. The number of carbonyl (C=O) groups is 2. The molecule has 2 atom stereocenters. The molecule has 0 aliphatic heterocycles. The molecule has 1 N–H and O–H groups in total. The second-order valence-electron chi connectivity index (χ2n) is 11.1. The molecule has 0 bridgehead atoms. The Kier molecular flexibility index (Phi) is 11.9. The first-order valence-electron chi connectivity index (χ1n) is 15.0. The summed E-state index contributed by atoms with van der Waals surface area (Å²) >= 11 is 5.84. The third-order valence-corrected chi connectivity index (χ3v) is 9.84. The molecule has 2 unspecified atom stereocenters.